The van der Waals surface area contributed by atoms with Crippen molar-refractivity contribution in [1.29, 1.82) is 0 Å². The molecule has 2 saturated heterocycles. The third-order valence-corrected chi connectivity index (χ3v) is 6.91. The van der Waals surface area contributed by atoms with E-state index < -0.39 is 0 Å². The number of unbranched alkanes of at least 4 members (excludes halogenated alkanes) is 12. The fraction of sp³-hybridized carbons (Fsp3) is 0.929. The minimum Gasteiger partial charge on any atom is -0.343 e. The molecule has 0 bridgehead atoms. The summed E-state index contributed by atoms with van der Waals surface area (Å²) in [5, 5.41) is 0. The van der Waals surface area contributed by atoms with Crippen LogP contribution in [0.25, 0.3) is 0 Å². The molecule has 2 aliphatic heterocycles. The summed E-state index contributed by atoms with van der Waals surface area (Å²) in [4.78, 5) is 27.2. The molecule has 0 aromatic carbocycles. The van der Waals surface area contributed by atoms with Gasteiger partial charge in [0.25, 0.3) is 0 Å². The number of rotatable bonds is 16. The van der Waals surface area contributed by atoms with Crippen molar-refractivity contribution in [2.45, 2.75) is 142 Å². The van der Waals surface area contributed by atoms with Crippen LogP contribution in [0.4, 0.5) is 0 Å². The topological polar surface area (TPSA) is 40.6 Å². The van der Waals surface area contributed by atoms with Crippen LogP contribution in [-0.2, 0) is 9.59 Å². The van der Waals surface area contributed by atoms with Crippen molar-refractivity contribution >= 4 is 11.8 Å². The highest BCUT2D eigenvalue weighted by atomic mass is 16.2. The van der Waals surface area contributed by atoms with Gasteiger partial charge >= 0.3 is 0 Å². The standard InChI is InChI=1S/2C14H27NO/c2*1-2-3-4-5-6-7-9-12-15-13-10-8-11-14(15)16/h2*2-13H2,1H3. The Morgan fingerprint density at radius 3 is 1.19 bits per heavy atom. The van der Waals surface area contributed by atoms with Crippen LogP contribution in [0.1, 0.15) is 142 Å². The lowest BCUT2D eigenvalue weighted by Crippen LogP contribution is -2.35. The Morgan fingerprint density at radius 1 is 0.500 bits per heavy atom. The Bertz CT molecular complexity index is 424. The molecule has 0 aromatic heterocycles. The van der Waals surface area contributed by atoms with Crippen molar-refractivity contribution in [3.05, 3.63) is 0 Å². The predicted octanol–water partition coefficient (Wildman–Crippen LogP) is 7.50. The van der Waals surface area contributed by atoms with Crippen LogP contribution < -0.4 is 0 Å². The summed E-state index contributed by atoms with van der Waals surface area (Å²) in [6.07, 6.45) is 24.8. The number of carbonyl (C=O) groups excluding carboxylic acids is 2. The zero-order valence-electron chi connectivity index (χ0n) is 21.7. The molecule has 2 aliphatic rings. The van der Waals surface area contributed by atoms with Gasteiger partial charge in [0.15, 0.2) is 0 Å². The van der Waals surface area contributed by atoms with Gasteiger partial charge in [0.1, 0.15) is 0 Å². The number of hydrogen-bond donors (Lipinski definition) is 0. The Labute approximate surface area is 199 Å². The van der Waals surface area contributed by atoms with Crippen LogP contribution in [0.3, 0.4) is 0 Å². The van der Waals surface area contributed by atoms with Gasteiger partial charge in [0, 0.05) is 39.0 Å². The van der Waals surface area contributed by atoms with Crippen LogP contribution in [0.15, 0.2) is 0 Å². The number of likely N-dealkylation sites (tertiary alicyclic amines) is 2. The van der Waals surface area contributed by atoms with E-state index in [1.807, 2.05) is 0 Å². The zero-order chi connectivity index (χ0) is 23.3. The maximum Gasteiger partial charge on any atom is 0.222 e. The summed E-state index contributed by atoms with van der Waals surface area (Å²) >= 11 is 0. The van der Waals surface area contributed by atoms with E-state index in [0.717, 1.165) is 51.9 Å². The molecular formula is C28H54N2O2. The molecule has 4 nitrogen and oxygen atoms in total. The highest BCUT2D eigenvalue weighted by Crippen LogP contribution is 2.14. The molecular weight excluding hydrogens is 396 g/mol. The maximum atomic E-state index is 11.5. The molecule has 2 heterocycles. The number of carbonyl (C=O) groups is 2. The number of hydrogen-bond acceptors (Lipinski definition) is 2. The van der Waals surface area contributed by atoms with Gasteiger partial charge < -0.3 is 9.80 Å². The van der Waals surface area contributed by atoms with Gasteiger partial charge in [-0.15, -0.1) is 0 Å². The van der Waals surface area contributed by atoms with Gasteiger partial charge in [-0.05, 0) is 38.5 Å². The second-order valence-corrected chi connectivity index (χ2v) is 9.92. The molecule has 0 atom stereocenters. The van der Waals surface area contributed by atoms with E-state index in [0.29, 0.717) is 11.8 Å². The lowest BCUT2D eigenvalue weighted by Gasteiger charge is -2.26. The summed E-state index contributed by atoms with van der Waals surface area (Å²) in [5.74, 6) is 0.773. The second-order valence-electron chi connectivity index (χ2n) is 9.92. The van der Waals surface area contributed by atoms with E-state index >= 15 is 0 Å². The number of amides is 2. The summed E-state index contributed by atoms with van der Waals surface area (Å²) in [6, 6.07) is 0. The molecule has 188 valence electrons. The molecule has 0 radical (unpaired) electrons. The van der Waals surface area contributed by atoms with Crippen molar-refractivity contribution in [2.24, 2.45) is 0 Å². The Morgan fingerprint density at radius 2 is 0.844 bits per heavy atom. The molecule has 0 saturated carbocycles. The average molecular weight is 451 g/mol. The van der Waals surface area contributed by atoms with Gasteiger partial charge in [-0.1, -0.05) is 90.9 Å². The molecule has 32 heavy (non-hydrogen) atoms. The molecule has 0 aromatic rings. The van der Waals surface area contributed by atoms with Crippen LogP contribution in [-0.4, -0.2) is 47.8 Å². The van der Waals surface area contributed by atoms with Gasteiger partial charge in [0.05, 0.1) is 0 Å². The first-order valence-electron chi connectivity index (χ1n) is 14.2. The van der Waals surface area contributed by atoms with Gasteiger partial charge in [-0.3, -0.25) is 9.59 Å². The van der Waals surface area contributed by atoms with Crippen molar-refractivity contribution in [2.75, 3.05) is 26.2 Å². The van der Waals surface area contributed by atoms with Crippen LogP contribution in [0, 0.1) is 0 Å². The summed E-state index contributed by atoms with van der Waals surface area (Å²) < 4.78 is 0. The first-order valence-corrected chi connectivity index (χ1v) is 14.2. The van der Waals surface area contributed by atoms with E-state index in [1.165, 1.54) is 103 Å². The van der Waals surface area contributed by atoms with Crippen LogP contribution >= 0.6 is 0 Å². The van der Waals surface area contributed by atoms with Gasteiger partial charge in [0.2, 0.25) is 11.8 Å². The molecule has 4 heteroatoms. The smallest absolute Gasteiger partial charge is 0.222 e. The summed E-state index contributed by atoms with van der Waals surface area (Å²) in [5.41, 5.74) is 0. The number of piperidine rings is 2. The first kappa shape index (κ1) is 29.0. The monoisotopic (exact) mass is 450 g/mol. The molecule has 0 unspecified atom stereocenters. The Hall–Kier alpha value is -1.06. The average Bonchev–Trinajstić information content (AvgIpc) is 2.80. The Balaban J connectivity index is 0.000000320. The predicted molar refractivity (Wildman–Crippen MR) is 137 cm³/mol. The normalized spacial score (nSPS) is 16.8. The first-order chi connectivity index (χ1) is 15.7. The lowest BCUT2D eigenvalue weighted by molar-refractivity contribution is -0.134. The molecule has 2 amide bonds. The van der Waals surface area contributed by atoms with Gasteiger partial charge in [-0.2, -0.15) is 0 Å². The molecule has 0 spiro atoms. The van der Waals surface area contributed by atoms with Crippen molar-refractivity contribution < 1.29 is 9.59 Å². The van der Waals surface area contributed by atoms with E-state index in [1.54, 1.807) is 0 Å². The molecule has 0 aliphatic carbocycles. The molecule has 0 N–H and O–H groups in total. The largest absolute Gasteiger partial charge is 0.343 e. The fourth-order valence-corrected chi connectivity index (χ4v) is 4.72. The third-order valence-electron chi connectivity index (χ3n) is 6.91. The van der Waals surface area contributed by atoms with E-state index in [4.69, 9.17) is 0 Å². The Kier molecular flexibility index (Phi) is 18.6. The lowest BCUT2D eigenvalue weighted by atomic mass is 10.1. The van der Waals surface area contributed by atoms with E-state index in [2.05, 4.69) is 23.6 Å². The third kappa shape index (κ3) is 14.9. The second kappa shape index (κ2) is 20.5. The SMILES string of the molecule is CCCCCCCCCN1CCCCC1=O.CCCCCCCCCN1CCCCC1=O. The quantitative estimate of drug-likeness (QED) is 0.228. The van der Waals surface area contributed by atoms with Crippen LogP contribution in [0.2, 0.25) is 0 Å². The summed E-state index contributed by atoms with van der Waals surface area (Å²) in [6.45, 7) is 8.53. The van der Waals surface area contributed by atoms with Crippen LogP contribution in [0.5, 0.6) is 0 Å². The highest BCUT2D eigenvalue weighted by molar-refractivity contribution is 5.77. The van der Waals surface area contributed by atoms with Crippen molar-refractivity contribution in [3.8, 4) is 0 Å². The van der Waals surface area contributed by atoms with Crippen molar-refractivity contribution in [1.82, 2.24) is 9.80 Å². The fourth-order valence-electron chi connectivity index (χ4n) is 4.72. The van der Waals surface area contributed by atoms with Gasteiger partial charge in [-0.25, -0.2) is 0 Å². The van der Waals surface area contributed by atoms with E-state index in [-0.39, 0.29) is 0 Å². The maximum absolute atomic E-state index is 11.5. The minimum atomic E-state index is 0.386. The zero-order valence-corrected chi connectivity index (χ0v) is 21.7. The minimum absolute atomic E-state index is 0.386. The number of nitrogens with zero attached hydrogens (tertiary/aromatic N) is 2. The molecule has 2 rings (SSSR count). The molecule has 2 fully saturated rings. The van der Waals surface area contributed by atoms with E-state index in [9.17, 15) is 9.59 Å². The van der Waals surface area contributed by atoms with Crippen molar-refractivity contribution in [3.63, 3.8) is 0 Å². The summed E-state index contributed by atoms with van der Waals surface area (Å²) in [7, 11) is 0. The highest BCUT2D eigenvalue weighted by Gasteiger charge is 2.17.